The minimum atomic E-state index is -0.784. The van der Waals surface area contributed by atoms with Crippen LogP contribution in [0.1, 0.15) is 35.7 Å². The van der Waals surface area contributed by atoms with Crippen LogP contribution in [0.3, 0.4) is 0 Å². The Morgan fingerprint density at radius 2 is 1.89 bits per heavy atom. The summed E-state index contributed by atoms with van der Waals surface area (Å²) in [4.78, 5) is 45.0. The summed E-state index contributed by atoms with van der Waals surface area (Å²) in [7, 11) is 1.56. The first-order valence-corrected chi connectivity index (χ1v) is 12.2. The van der Waals surface area contributed by atoms with Gasteiger partial charge in [0.15, 0.2) is 5.78 Å². The van der Waals surface area contributed by atoms with Gasteiger partial charge in [0.2, 0.25) is 11.8 Å². The van der Waals surface area contributed by atoms with Gasteiger partial charge in [0, 0.05) is 23.4 Å². The van der Waals surface area contributed by atoms with Crippen LogP contribution in [0.15, 0.2) is 54.6 Å². The van der Waals surface area contributed by atoms with Crippen molar-refractivity contribution in [1.82, 2.24) is 4.90 Å². The third kappa shape index (κ3) is 3.32. The monoisotopic (exact) mass is 472 g/mol. The van der Waals surface area contributed by atoms with E-state index in [1.54, 1.807) is 31.4 Å². The number of Topliss-reactive ketones (excluding diaryl/α,β-unsaturated/α-hetero) is 1. The Bertz CT molecular complexity index is 1250. The minimum Gasteiger partial charge on any atom is -0.497 e. The highest BCUT2D eigenvalue weighted by atomic mass is 16.5. The summed E-state index contributed by atoms with van der Waals surface area (Å²) in [6.45, 7) is 2.93. The van der Waals surface area contributed by atoms with E-state index in [2.05, 4.69) is 6.08 Å². The van der Waals surface area contributed by atoms with Crippen LogP contribution in [0.2, 0.25) is 0 Å². The van der Waals surface area contributed by atoms with E-state index < -0.39 is 17.9 Å². The number of allylic oxidation sites excluding steroid dienone is 1. The number of likely N-dealkylation sites (tertiary alicyclic amines) is 1. The number of hydrogen-bond acceptors (Lipinski definition) is 6. The summed E-state index contributed by atoms with van der Waals surface area (Å²) in [5.41, 5.74) is 3.42. The predicted octanol–water partition coefficient (Wildman–Crippen LogP) is 3.33. The van der Waals surface area contributed by atoms with E-state index in [-0.39, 0.29) is 36.3 Å². The third-order valence-electron chi connectivity index (χ3n) is 7.88. The van der Waals surface area contributed by atoms with Crippen LogP contribution < -0.4 is 9.64 Å². The van der Waals surface area contributed by atoms with Gasteiger partial charge in [-0.1, -0.05) is 36.4 Å². The number of ketones is 1. The van der Waals surface area contributed by atoms with Crippen molar-refractivity contribution in [2.45, 2.75) is 38.0 Å². The predicted molar refractivity (Wildman–Crippen MR) is 130 cm³/mol. The highest BCUT2D eigenvalue weighted by Crippen LogP contribution is 2.50. The number of rotatable bonds is 5. The lowest BCUT2D eigenvalue weighted by molar-refractivity contribution is -0.142. The number of benzene rings is 2. The molecule has 0 N–H and O–H groups in total. The normalized spacial score (nSPS) is 29.1. The molecule has 0 aliphatic carbocycles. The first-order chi connectivity index (χ1) is 17.0. The average molecular weight is 473 g/mol. The molecule has 0 bridgehead atoms. The topological polar surface area (TPSA) is 76.1 Å². The lowest BCUT2D eigenvalue weighted by Gasteiger charge is -2.38. The zero-order valence-corrected chi connectivity index (χ0v) is 19.8. The molecule has 4 aliphatic rings. The molecule has 0 spiro atoms. The number of imide groups is 1. The maximum absolute atomic E-state index is 14.1. The Kier molecular flexibility index (Phi) is 5.25. The van der Waals surface area contributed by atoms with Gasteiger partial charge in [-0.25, -0.2) is 0 Å². The quantitative estimate of drug-likeness (QED) is 0.491. The second kappa shape index (κ2) is 8.34. The Morgan fingerprint density at radius 1 is 1.09 bits per heavy atom. The van der Waals surface area contributed by atoms with Crippen molar-refractivity contribution < 1.29 is 23.9 Å². The van der Waals surface area contributed by atoms with Crippen molar-refractivity contribution in [3.05, 3.63) is 65.7 Å². The molecule has 2 amide bonds. The molecule has 180 valence electrons. The molecule has 5 atom stereocenters. The van der Waals surface area contributed by atoms with E-state index in [1.165, 1.54) is 4.90 Å². The molecular formula is C28H28N2O5. The average Bonchev–Trinajstić information content (AvgIpc) is 3.57. The van der Waals surface area contributed by atoms with Gasteiger partial charge in [-0.15, -0.1) is 0 Å². The first kappa shape index (κ1) is 22.0. The summed E-state index contributed by atoms with van der Waals surface area (Å²) in [5.74, 6) is -1.42. The Balaban J connectivity index is 1.45. The zero-order valence-electron chi connectivity index (χ0n) is 19.8. The molecule has 2 aromatic carbocycles. The zero-order chi connectivity index (χ0) is 24.3. The summed E-state index contributed by atoms with van der Waals surface area (Å²) in [6, 6.07) is 13.8. The molecule has 6 rings (SSSR count). The van der Waals surface area contributed by atoms with Gasteiger partial charge in [0.25, 0.3) is 0 Å². The van der Waals surface area contributed by atoms with E-state index in [0.717, 1.165) is 29.7 Å². The smallest absolute Gasteiger partial charge is 0.235 e. The molecule has 3 saturated heterocycles. The number of ether oxygens (including phenoxy) is 2. The van der Waals surface area contributed by atoms with Crippen LogP contribution >= 0.6 is 0 Å². The van der Waals surface area contributed by atoms with Gasteiger partial charge < -0.3 is 14.4 Å². The number of methoxy groups -OCH3 is 1. The van der Waals surface area contributed by atoms with Crippen LogP contribution in [0.25, 0.3) is 5.57 Å². The fourth-order valence-electron chi connectivity index (χ4n) is 6.28. The van der Waals surface area contributed by atoms with Gasteiger partial charge in [0.05, 0.1) is 37.6 Å². The first-order valence-electron chi connectivity index (χ1n) is 12.2. The van der Waals surface area contributed by atoms with Crippen molar-refractivity contribution in [2.75, 3.05) is 25.2 Å². The summed E-state index contributed by atoms with van der Waals surface area (Å²) in [6.07, 6.45) is 3.69. The number of para-hydroxylation sites is 1. The summed E-state index contributed by atoms with van der Waals surface area (Å²) in [5, 5.41) is 0. The summed E-state index contributed by atoms with van der Waals surface area (Å²) < 4.78 is 11.1. The second-order valence-electron chi connectivity index (χ2n) is 9.78. The third-order valence-corrected chi connectivity index (χ3v) is 7.88. The molecule has 4 heterocycles. The number of hydrogen-bond donors (Lipinski definition) is 0. The standard InChI is InChI=1S/C28H28N2O5/c1-16-13-22-23-24(28(33)29(27(23)32)15-19-9-6-12-35-19)25(30(22)21-11-4-3-10-20(16)21)26(31)17-7-5-8-18(14-17)34-2/h3-5,7-8,10-11,13-14,19,22-25H,6,9,12,15H2,1-2H3/t19-,22-,23-,24-,25+/m0/s1. The lowest BCUT2D eigenvalue weighted by Crippen LogP contribution is -2.49. The van der Waals surface area contributed by atoms with Gasteiger partial charge in [0.1, 0.15) is 11.8 Å². The van der Waals surface area contributed by atoms with Gasteiger partial charge in [-0.05, 0) is 43.5 Å². The van der Waals surface area contributed by atoms with Crippen LogP contribution in [-0.2, 0) is 14.3 Å². The van der Waals surface area contributed by atoms with E-state index in [1.807, 2.05) is 36.1 Å². The number of carbonyl (C=O) groups is 3. The fourth-order valence-corrected chi connectivity index (χ4v) is 6.28. The minimum absolute atomic E-state index is 0.130. The van der Waals surface area contributed by atoms with Gasteiger partial charge >= 0.3 is 0 Å². The van der Waals surface area contributed by atoms with Crippen LogP contribution in [0.4, 0.5) is 5.69 Å². The van der Waals surface area contributed by atoms with E-state index in [9.17, 15) is 14.4 Å². The molecule has 35 heavy (non-hydrogen) atoms. The van der Waals surface area contributed by atoms with Crippen molar-refractivity contribution in [3.8, 4) is 5.75 Å². The number of carbonyl (C=O) groups excluding carboxylic acids is 3. The van der Waals surface area contributed by atoms with Crippen molar-refractivity contribution in [3.63, 3.8) is 0 Å². The van der Waals surface area contributed by atoms with Crippen LogP contribution in [0, 0.1) is 11.8 Å². The molecule has 0 radical (unpaired) electrons. The molecule has 0 unspecified atom stereocenters. The number of amides is 2. The molecule has 2 aromatic rings. The Morgan fingerprint density at radius 3 is 2.66 bits per heavy atom. The highest BCUT2D eigenvalue weighted by molar-refractivity contribution is 6.14. The molecule has 7 heteroatoms. The molecule has 3 fully saturated rings. The SMILES string of the molecule is COc1cccc(C(=O)[C@H]2[C@H]3C(=O)N(C[C@@H]4CCCO4)C(=O)[C@H]3[C@@H]3C=C(C)c4ccccc4N32)c1. The van der Waals surface area contributed by atoms with Crippen molar-refractivity contribution in [1.29, 1.82) is 0 Å². The van der Waals surface area contributed by atoms with Crippen molar-refractivity contribution >= 4 is 28.9 Å². The van der Waals surface area contributed by atoms with E-state index in [0.29, 0.717) is 17.9 Å². The number of anilines is 1. The Labute approximate surface area is 204 Å². The largest absolute Gasteiger partial charge is 0.497 e. The van der Waals surface area contributed by atoms with E-state index in [4.69, 9.17) is 9.47 Å². The highest BCUT2D eigenvalue weighted by Gasteiger charge is 2.64. The van der Waals surface area contributed by atoms with Crippen LogP contribution in [0.5, 0.6) is 5.75 Å². The Hall–Kier alpha value is -3.45. The molecular weight excluding hydrogens is 444 g/mol. The number of nitrogens with zero attached hydrogens (tertiary/aromatic N) is 2. The maximum Gasteiger partial charge on any atom is 0.235 e. The van der Waals surface area contributed by atoms with Crippen molar-refractivity contribution in [2.24, 2.45) is 11.8 Å². The second-order valence-corrected chi connectivity index (χ2v) is 9.78. The van der Waals surface area contributed by atoms with E-state index >= 15 is 0 Å². The maximum atomic E-state index is 14.1. The van der Waals surface area contributed by atoms with Crippen LogP contribution in [-0.4, -0.2) is 60.9 Å². The molecule has 7 nitrogen and oxygen atoms in total. The fraction of sp³-hybridized carbons (Fsp3) is 0.393. The molecule has 0 saturated carbocycles. The summed E-state index contributed by atoms with van der Waals surface area (Å²) >= 11 is 0. The lowest BCUT2D eigenvalue weighted by atomic mass is 9.85. The van der Waals surface area contributed by atoms with Gasteiger partial charge in [-0.3, -0.25) is 19.3 Å². The van der Waals surface area contributed by atoms with Gasteiger partial charge in [-0.2, -0.15) is 0 Å². The molecule has 0 aromatic heterocycles. The molecule has 4 aliphatic heterocycles. The number of fused-ring (bicyclic) bond motifs is 5.